The van der Waals surface area contributed by atoms with Crippen molar-refractivity contribution in [1.29, 1.82) is 0 Å². The van der Waals surface area contributed by atoms with Crippen LogP contribution in [-0.2, 0) is 14.4 Å². The molecular formula is C18H13ClFN3O4. The Morgan fingerprint density at radius 2 is 2.19 bits per heavy atom. The molecule has 0 unspecified atom stereocenters. The average molecular weight is 390 g/mol. The van der Waals surface area contributed by atoms with Crippen molar-refractivity contribution in [2.75, 3.05) is 17.2 Å². The van der Waals surface area contributed by atoms with Gasteiger partial charge in [-0.05, 0) is 18.2 Å². The van der Waals surface area contributed by atoms with E-state index in [9.17, 15) is 14.0 Å². The average Bonchev–Trinajstić information content (AvgIpc) is 3.13. The lowest BCUT2D eigenvalue weighted by molar-refractivity contribution is -0.125. The normalized spacial score (nSPS) is 17.9. The number of nitrogens with one attached hydrogen (secondary N) is 2. The maximum Gasteiger partial charge on any atom is 0.268 e. The summed E-state index contributed by atoms with van der Waals surface area (Å²) in [6, 6.07) is 8.93. The molecule has 2 aromatic rings. The van der Waals surface area contributed by atoms with E-state index >= 15 is 0 Å². The van der Waals surface area contributed by atoms with Crippen LogP contribution in [0.25, 0.3) is 0 Å². The first-order valence-corrected chi connectivity index (χ1v) is 8.43. The van der Waals surface area contributed by atoms with Gasteiger partial charge in [-0.25, -0.2) is 4.39 Å². The van der Waals surface area contributed by atoms with Crippen molar-refractivity contribution in [2.24, 2.45) is 5.16 Å². The summed E-state index contributed by atoms with van der Waals surface area (Å²) >= 11 is 6.17. The zero-order chi connectivity index (χ0) is 19.0. The number of ether oxygens (including phenoxy) is 1. The number of oxime groups is 1. The van der Waals surface area contributed by atoms with E-state index in [0.29, 0.717) is 28.4 Å². The fourth-order valence-corrected chi connectivity index (χ4v) is 2.98. The molecule has 0 bridgehead atoms. The Kier molecular flexibility index (Phi) is 4.41. The van der Waals surface area contributed by atoms with Gasteiger partial charge in [-0.2, -0.15) is 0 Å². The highest BCUT2D eigenvalue weighted by atomic mass is 35.5. The van der Waals surface area contributed by atoms with E-state index in [1.165, 1.54) is 24.3 Å². The van der Waals surface area contributed by atoms with Gasteiger partial charge in [0.2, 0.25) is 6.10 Å². The predicted molar refractivity (Wildman–Crippen MR) is 96.6 cm³/mol. The fourth-order valence-electron chi connectivity index (χ4n) is 2.77. The van der Waals surface area contributed by atoms with Crippen LogP contribution in [-0.4, -0.2) is 30.2 Å². The molecule has 1 atom stereocenters. The smallest absolute Gasteiger partial charge is 0.268 e. The first kappa shape index (κ1) is 17.3. The van der Waals surface area contributed by atoms with E-state index in [2.05, 4.69) is 15.8 Å². The number of halogens is 2. The molecule has 0 fully saturated rings. The summed E-state index contributed by atoms with van der Waals surface area (Å²) in [7, 11) is 0. The molecule has 0 aliphatic carbocycles. The summed E-state index contributed by atoms with van der Waals surface area (Å²) in [5, 5.41) is 9.40. The lowest BCUT2D eigenvalue weighted by Gasteiger charge is -2.20. The van der Waals surface area contributed by atoms with Crippen LogP contribution in [0.2, 0.25) is 5.02 Å². The largest absolute Gasteiger partial charge is 0.482 e. The Morgan fingerprint density at radius 1 is 1.33 bits per heavy atom. The molecule has 0 radical (unpaired) electrons. The molecule has 7 nitrogen and oxygen atoms in total. The second-order valence-electron chi connectivity index (χ2n) is 6.00. The number of anilines is 2. The van der Waals surface area contributed by atoms with E-state index in [4.69, 9.17) is 21.2 Å². The number of benzene rings is 2. The van der Waals surface area contributed by atoms with Crippen molar-refractivity contribution in [1.82, 2.24) is 0 Å². The first-order valence-electron chi connectivity index (χ1n) is 8.05. The third-order valence-corrected chi connectivity index (χ3v) is 4.39. The summed E-state index contributed by atoms with van der Waals surface area (Å²) in [4.78, 5) is 29.0. The molecule has 2 N–H and O–H groups in total. The molecule has 0 saturated heterocycles. The summed E-state index contributed by atoms with van der Waals surface area (Å²) < 4.78 is 18.7. The second-order valence-corrected chi connectivity index (χ2v) is 6.41. The third kappa shape index (κ3) is 3.56. The van der Waals surface area contributed by atoms with Gasteiger partial charge >= 0.3 is 0 Å². The molecule has 0 aromatic heterocycles. The summed E-state index contributed by atoms with van der Waals surface area (Å²) in [6.45, 7) is -0.113. The van der Waals surface area contributed by atoms with Crippen molar-refractivity contribution in [3.05, 3.63) is 52.8 Å². The molecule has 138 valence electrons. The summed E-state index contributed by atoms with van der Waals surface area (Å²) in [5.74, 6) is -0.724. The first-order chi connectivity index (χ1) is 13.0. The van der Waals surface area contributed by atoms with E-state index in [1.807, 2.05) is 0 Å². The molecule has 27 heavy (non-hydrogen) atoms. The molecule has 0 saturated carbocycles. The van der Waals surface area contributed by atoms with Crippen molar-refractivity contribution in [3.8, 4) is 5.75 Å². The van der Waals surface area contributed by atoms with Crippen molar-refractivity contribution >= 4 is 40.5 Å². The lowest BCUT2D eigenvalue weighted by Crippen LogP contribution is -2.29. The lowest BCUT2D eigenvalue weighted by atomic mass is 10.0. The minimum Gasteiger partial charge on any atom is -0.482 e. The van der Waals surface area contributed by atoms with E-state index in [-0.39, 0.29) is 24.0 Å². The molecule has 0 spiro atoms. The van der Waals surface area contributed by atoms with Gasteiger partial charge < -0.3 is 20.2 Å². The molecule has 2 amide bonds. The summed E-state index contributed by atoms with van der Waals surface area (Å²) in [5.41, 5.74) is 1.79. The van der Waals surface area contributed by atoms with Crippen LogP contribution in [0.5, 0.6) is 5.75 Å². The van der Waals surface area contributed by atoms with Crippen LogP contribution in [0.3, 0.4) is 0 Å². The second kappa shape index (κ2) is 6.88. The Balaban J connectivity index is 1.45. The molecule has 2 aliphatic heterocycles. The van der Waals surface area contributed by atoms with Crippen LogP contribution in [0.15, 0.2) is 41.6 Å². The predicted octanol–water partition coefficient (Wildman–Crippen LogP) is 2.94. The molecule has 9 heteroatoms. The molecule has 2 aromatic carbocycles. The molecular weight excluding hydrogens is 377 g/mol. The van der Waals surface area contributed by atoms with Crippen LogP contribution < -0.4 is 15.4 Å². The van der Waals surface area contributed by atoms with Crippen molar-refractivity contribution < 1.29 is 23.6 Å². The van der Waals surface area contributed by atoms with E-state index in [1.54, 1.807) is 12.1 Å². The van der Waals surface area contributed by atoms with Gasteiger partial charge in [0.15, 0.2) is 6.61 Å². The number of carbonyl (C=O) groups is 2. The zero-order valence-electron chi connectivity index (χ0n) is 13.8. The Hall–Kier alpha value is -3.13. The Bertz CT molecular complexity index is 979. The van der Waals surface area contributed by atoms with Crippen LogP contribution in [0, 0.1) is 5.82 Å². The van der Waals surface area contributed by atoms with E-state index in [0.717, 1.165) is 0 Å². The number of fused-ring (bicyclic) bond motifs is 1. The standard InChI is InChI=1S/C18H13ClFN3O4/c19-11-5-14-15(26-8-17(24)21-14)7-13(11)22-18(25)16-6-12(23-27-16)9-2-1-3-10(20)4-9/h1-5,7,16H,6,8H2,(H,21,24)(H,22,25)/t16-/m0/s1. The van der Waals surface area contributed by atoms with Crippen LogP contribution in [0.1, 0.15) is 12.0 Å². The van der Waals surface area contributed by atoms with Crippen LogP contribution >= 0.6 is 11.6 Å². The van der Waals surface area contributed by atoms with Gasteiger partial charge in [-0.1, -0.05) is 28.9 Å². The van der Waals surface area contributed by atoms with Crippen LogP contribution in [0.4, 0.5) is 15.8 Å². The number of nitrogens with zero attached hydrogens (tertiary/aromatic N) is 1. The van der Waals surface area contributed by atoms with Gasteiger partial charge in [0, 0.05) is 18.1 Å². The zero-order valence-corrected chi connectivity index (χ0v) is 14.5. The fraction of sp³-hybridized carbons (Fsp3) is 0.167. The third-order valence-electron chi connectivity index (χ3n) is 4.08. The highest BCUT2D eigenvalue weighted by molar-refractivity contribution is 6.34. The number of hydrogen-bond donors (Lipinski definition) is 2. The maximum atomic E-state index is 13.3. The van der Waals surface area contributed by atoms with Gasteiger partial charge in [0.25, 0.3) is 11.8 Å². The Labute approximate surface area is 158 Å². The van der Waals surface area contributed by atoms with E-state index < -0.39 is 17.8 Å². The minimum atomic E-state index is -0.865. The van der Waals surface area contributed by atoms with Crippen molar-refractivity contribution in [3.63, 3.8) is 0 Å². The Morgan fingerprint density at radius 3 is 3.00 bits per heavy atom. The quantitative estimate of drug-likeness (QED) is 0.844. The number of rotatable bonds is 3. The highest BCUT2D eigenvalue weighted by Gasteiger charge is 2.30. The van der Waals surface area contributed by atoms with Crippen molar-refractivity contribution in [2.45, 2.75) is 12.5 Å². The maximum absolute atomic E-state index is 13.3. The van der Waals surface area contributed by atoms with Gasteiger partial charge in [0.05, 0.1) is 22.1 Å². The van der Waals surface area contributed by atoms with Gasteiger partial charge in [-0.3, -0.25) is 9.59 Å². The van der Waals surface area contributed by atoms with Gasteiger partial charge in [0.1, 0.15) is 11.6 Å². The SMILES string of the molecule is O=C1COc2cc(NC(=O)[C@@H]3CC(c4cccc(F)c4)=NO3)c(Cl)cc2N1. The molecule has 2 heterocycles. The van der Waals surface area contributed by atoms with Gasteiger partial charge in [-0.15, -0.1) is 0 Å². The molecule has 2 aliphatic rings. The summed E-state index contributed by atoms with van der Waals surface area (Å²) in [6.07, 6.45) is -0.666. The molecule has 4 rings (SSSR count). The minimum absolute atomic E-state index is 0.113. The highest BCUT2D eigenvalue weighted by Crippen LogP contribution is 2.36. The number of carbonyl (C=O) groups excluding carboxylic acids is 2. The number of amides is 2. The monoisotopic (exact) mass is 389 g/mol. The number of hydrogen-bond acceptors (Lipinski definition) is 5. The topological polar surface area (TPSA) is 89.0 Å².